The summed E-state index contributed by atoms with van der Waals surface area (Å²) < 4.78 is 81.6. The first-order valence-electron chi connectivity index (χ1n) is 15.8. The predicted molar refractivity (Wildman–Crippen MR) is 188 cm³/mol. The fraction of sp³-hybridized carbons (Fsp3) is 0.0476. The van der Waals surface area contributed by atoms with Gasteiger partial charge in [-0.3, -0.25) is 0 Å². The second kappa shape index (κ2) is 11.9. The number of rotatable bonds is 3. The van der Waals surface area contributed by atoms with Gasteiger partial charge in [0.15, 0.2) is 5.36 Å². The van der Waals surface area contributed by atoms with Crippen LogP contribution in [0.3, 0.4) is 0 Å². The highest BCUT2D eigenvalue weighted by Crippen LogP contribution is 2.43. The van der Waals surface area contributed by atoms with Crippen LogP contribution in [0.5, 0.6) is 0 Å². The van der Waals surface area contributed by atoms with Crippen molar-refractivity contribution in [2.45, 2.75) is 12.4 Å². The van der Waals surface area contributed by atoms with E-state index in [4.69, 9.17) is 6.57 Å². The summed E-state index contributed by atoms with van der Waals surface area (Å²) in [6.07, 6.45) is -7.17. The summed E-state index contributed by atoms with van der Waals surface area (Å²) in [6.45, 7) is 7.74. The third-order valence-corrected chi connectivity index (χ3v) is 9.35. The summed E-state index contributed by atoms with van der Waals surface area (Å²) in [6, 6.07) is 31.7. The molecule has 0 bridgehead atoms. The van der Waals surface area contributed by atoms with Crippen LogP contribution >= 0.6 is 0 Å². The van der Waals surface area contributed by atoms with Crippen molar-refractivity contribution in [3.8, 4) is 39.6 Å². The zero-order valence-electron chi connectivity index (χ0n) is 26.6. The number of hydrogen-bond donors (Lipinski definition) is 0. The topological polar surface area (TPSA) is 52.9 Å². The molecular formula is C42H20F6N4. The van der Waals surface area contributed by atoms with E-state index in [0.717, 1.165) is 29.8 Å². The molecule has 52 heavy (non-hydrogen) atoms. The van der Waals surface area contributed by atoms with E-state index in [9.17, 15) is 31.6 Å². The monoisotopic (exact) mass is 694 g/mol. The van der Waals surface area contributed by atoms with Gasteiger partial charge in [0.2, 0.25) is 6.19 Å². The summed E-state index contributed by atoms with van der Waals surface area (Å²) in [5.74, 6) is 0. The van der Waals surface area contributed by atoms with Gasteiger partial charge in [0.25, 0.3) is 0 Å². The van der Waals surface area contributed by atoms with Gasteiger partial charge in [0.1, 0.15) is 0 Å². The van der Waals surface area contributed by atoms with Crippen LogP contribution in [0.4, 0.5) is 26.3 Å². The van der Waals surface area contributed by atoms with Crippen LogP contribution in [0.15, 0.2) is 131 Å². The van der Waals surface area contributed by atoms with Crippen LogP contribution < -0.4 is 10.7 Å². The SMILES string of the molecule is [C-]#[N+]/N=c1/c2cc(-c3cccc(C(F)(F)F)c3)ccc2c2cc3c(=NC#N)c4cc(-c5cccc(C(F)(F)F)c5)ccc4c3c(-c3ccccc3)c12. The average Bonchev–Trinajstić information content (AvgIpc) is 3.62. The maximum Gasteiger partial charge on any atom is 0.416 e. The van der Waals surface area contributed by atoms with Gasteiger partial charge < -0.3 is 0 Å². The van der Waals surface area contributed by atoms with Gasteiger partial charge in [-0.05, 0) is 86.4 Å². The highest BCUT2D eigenvalue weighted by Gasteiger charge is 2.31. The Morgan fingerprint density at radius 2 is 1.04 bits per heavy atom. The molecule has 0 aliphatic carbocycles. The van der Waals surface area contributed by atoms with Gasteiger partial charge in [0, 0.05) is 32.5 Å². The Morgan fingerprint density at radius 1 is 0.500 bits per heavy atom. The molecule has 8 aromatic carbocycles. The molecule has 0 saturated heterocycles. The Labute approximate surface area is 291 Å². The number of fused-ring (bicyclic) bond motifs is 6. The largest absolute Gasteiger partial charge is 0.416 e. The first kappa shape index (κ1) is 32.4. The standard InChI is InChI=1S/C42H20F6N4/c1-50-52-40-33-19-26(24-9-5-11-28(17-24)41(43,44)45)13-15-30(33)32-21-35-37(36(38(32)40)23-7-3-2-4-8-23)31-16-14-27(20-34(31)39(35)51-22-49)25-10-6-12-29(18-25)42(46,47)48/h2-21H/b51-39?,52-40-. The van der Waals surface area contributed by atoms with Crippen molar-refractivity contribution in [1.29, 1.82) is 5.26 Å². The fourth-order valence-electron chi connectivity index (χ4n) is 7.15. The van der Waals surface area contributed by atoms with E-state index in [1.54, 1.807) is 48.5 Å². The predicted octanol–water partition coefficient (Wildman–Crippen LogP) is 11.3. The maximum atomic E-state index is 13.6. The number of nitriles is 1. The summed E-state index contributed by atoms with van der Waals surface area (Å²) >= 11 is 0. The molecule has 0 aliphatic rings. The van der Waals surface area contributed by atoms with Crippen LogP contribution in [0, 0.1) is 18.0 Å². The normalized spacial score (nSPS) is 13.0. The second-order valence-corrected chi connectivity index (χ2v) is 12.2. The average molecular weight is 695 g/mol. The third kappa shape index (κ3) is 5.24. The minimum absolute atomic E-state index is 0.332. The van der Waals surface area contributed by atoms with E-state index < -0.39 is 23.5 Å². The first-order chi connectivity index (χ1) is 25.0. The molecule has 4 nitrogen and oxygen atoms in total. The van der Waals surface area contributed by atoms with Crippen molar-refractivity contribution in [3.05, 3.63) is 155 Å². The molecule has 8 rings (SSSR count). The molecule has 250 valence electrons. The Hall–Kier alpha value is -6.78. The molecule has 8 aromatic rings. The second-order valence-electron chi connectivity index (χ2n) is 12.2. The minimum atomic E-state index is -4.53. The van der Waals surface area contributed by atoms with Crippen molar-refractivity contribution in [2.75, 3.05) is 0 Å². The Bertz CT molecular complexity index is 2890. The van der Waals surface area contributed by atoms with E-state index >= 15 is 0 Å². The number of hydrogen-bond acceptors (Lipinski definition) is 3. The summed E-state index contributed by atoms with van der Waals surface area (Å²) in [5.41, 5.74) is 1.58. The molecule has 0 aromatic heterocycles. The van der Waals surface area contributed by atoms with E-state index in [1.165, 1.54) is 12.1 Å². The minimum Gasteiger partial charge on any atom is -0.181 e. The van der Waals surface area contributed by atoms with Gasteiger partial charge in [0.05, 0.1) is 21.6 Å². The van der Waals surface area contributed by atoms with Crippen LogP contribution in [-0.2, 0) is 12.4 Å². The molecule has 0 atom stereocenters. The van der Waals surface area contributed by atoms with Gasteiger partial charge >= 0.3 is 12.4 Å². The maximum absolute atomic E-state index is 13.6. The quantitative estimate of drug-likeness (QED) is 0.0786. The zero-order chi connectivity index (χ0) is 36.4. The van der Waals surface area contributed by atoms with Gasteiger partial charge in [-0.15, -0.1) is 4.95 Å². The van der Waals surface area contributed by atoms with Crippen LogP contribution in [-0.4, -0.2) is 0 Å². The smallest absolute Gasteiger partial charge is 0.181 e. The molecule has 0 radical (unpaired) electrons. The number of alkyl halides is 6. The van der Waals surface area contributed by atoms with Crippen LogP contribution in [0.25, 0.3) is 81.4 Å². The van der Waals surface area contributed by atoms with Crippen LogP contribution in [0.1, 0.15) is 11.1 Å². The van der Waals surface area contributed by atoms with E-state index in [2.05, 4.69) is 15.0 Å². The van der Waals surface area contributed by atoms with Gasteiger partial charge in [-0.25, -0.2) is 0 Å². The molecule has 0 spiro atoms. The van der Waals surface area contributed by atoms with E-state index in [1.807, 2.05) is 42.6 Å². The Kier molecular flexibility index (Phi) is 7.44. The summed E-state index contributed by atoms with van der Waals surface area (Å²) in [5, 5.41) is 19.9. The zero-order valence-corrected chi connectivity index (χ0v) is 26.6. The van der Waals surface area contributed by atoms with Crippen LogP contribution in [0.2, 0.25) is 0 Å². The highest BCUT2D eigenvalue weighted by molar-refractivity contribution is 6.29. The fourth-order valence-corrected chi connectivity index (χ4v) is 7.15. The number of benzene rings is 6. The number of nitrogens with zero attached hydrogens (tertiary/aromatic N) is 4. The number of halogens is 6. The van der Waals surface area contributed by atoms with Gasteiger partial charge in [-0.2, -0.15) is 43.2 Å². The third-order valence-electron chi connectivity index (χ3n) is 9.35. The molecule has 0 amide bonds. The molecule has 0 aliphatic heterocycles. The molecule has 0 N–H and O–H groups in total. The molecular weight excluding hydrogens is 674 g/mol. The molecule has 0 saturated carbocycles. The lowest BCUT2D eigenvalue weighted by molar-refractivity contribution is -0.138. The van der Waals surface area contributed by atoms with Crippen molar-refractivity contribution in [3.63, 3.8) is 0 Å². The lowest BCUT2D eigenvalue weighted by Gasteiger charge is -2.10. The molecule has 0 heterocycles. The lowest BCUT2D eigenvalue weighted by Crippen LogP contribution is -2.04. The van der Waals surface area contributed by atoms with Crippen molar-refractivity contribution >= 4 is 43.1 Å². The van der Waals surface area contributed by atoms with Crippen molar-refractivity contribution < 1.29 is 26.3 Å². The molecule has 0 unspecified atom stereocenters. The summed E-state index contributed by atoms with van der Waals surface area (Å²) in [7, 11) is 0. The van der Waals surface area contributed by atoms with E-state index in [0.29, 0.717) is 81.6 Å². The van der Waals surface area contributed by atoms with Crippen molar-refractivity contribution in [1.82, 2.24) is 0 Å². The Morgan fingerprint density at radius 3 is 1.60 bits per heavy atom. The summed E-state index contributed by atoms with van der Waals surface area (Å²) in [4.78, 5) is 7.62. The molecule has 0 fully saturated rings. The van der Waals surface area contributed by atoms with Crippen molar-refractivity contribution in [2.24, 2.45) is 10.1 Å². The van der Waals surface area contributed by atoms with E-state index in [-0.39, 0.29) is 0 Å². The lowest BCUT2D eigenvalue weighted by atomic mass is 9.94. The highest BCUT2D eigenvalue weighted by atomic mass is 19.4. The Balaban J connectivity index is 1.49. The van der Waals surface area contributed by atoms with Gasteiger partial charge in [-0.1, -0.05) is 78.9 Å². The molecule has 10 heteroatoms. The first-order valence-corrected chi connectivity index (χ1v) is 15.8.